The summed E-state index contributed by atoms with van der Waals surface area (Å²) in [6.07, 6.45) is -1.54. The van der Waals surface area contributed by atoms with Crippen LogP contribution in [-0.2, 0) is 0 Å². The van der Waals surface area contributed by atoms with E-state index in [0.717, 1.165) is 12.0 Å². The fourth-order valence-electron chi connectivity index (χ4n) is 2.63. The molecule has 17 heavy (non-hydrogen) atoms. The zero-order chi connectivity index (χ0) is 13.1. The van der Waals surface area contributed by atoms with Gasteiger partial charge in [0, 0.05) is 6.04 Å². The average molecular weight is 250 g/mol. The predicted octanol–water partition coefficient (Wildman–Crippen LogP) is 3.15. The average Bonchev–Trinajstić information content (AvgIpc) is 2.24. The quantitative estimate of drug-likeness (QED) is 0.457. The lowest BCUT2D eigenvalue weighted by Gasteiger charge is -2.35. The predicted molar refractivity (Wildman–Crippen MR) is 62.0 cm³/mol. The molecule has 1 aliphatic carbocycles. The number of nitrogens with one attached hydrogen (secondary N) is 1. The maximum absolute atomic E-state index is 12.7. The normalized spacial score (nSPS) is 27.8. The number of halogens is 3. The summed E-state index contributed by atoms with van der Waals surface area (Å²) in [5.41, 5.74) is 3.59. The third-order valence-corrected chi connectivity index (χ3v) is 3.53. The molecule has 1 rings (SSSR count). The molecule has 0 saturated heterocycles. The van der Waals surface area contributed by atoms with Gasteiger partial charge >= 0.3 is 6.18 Å². The van der Waals surface area contributed by atoms with Crippen LogP contribution in [0.25, 0.3) is 0 Å². The van der Waals surface area contributed by atoms with Crippen LogP contribution >= 0.6 is 0 Å². The molecular weight excluding hydrogens is 229 g/mol. The Morgan fingerprint density at radius 1 is 1.47 bits per heavy atom. The van der Waals surface area contributed by atoms with Gasteiger partial charge in [0.1, 0.15) is 0 Å². The molecule has 1 saturated carbocycles. The molecule has 0 bridgehead atoms. The van der Waals surface area contributed by atoms with Crippen LogP contribution in [0, 0.1) is 11.8 Å². The molecule has 0 radical (unpaired) electrons. The highest BCUT2D eigenvalue weighted by atomic mass is 19.4. The van der Waals surface area contributed by atoms with Crippen molar-refractivity contribution in [3.05, 3.63) is 12.2 Å². The van der Waals surface area contributed by atoms with Crippen LogP contribution < -0.4 is 11.3 Å². The zero-order valence-corrected chi connectivity index (χ0v) is 10.2. The van der Waals surface area contributed by atoms with Crippen molar-refractivity contribution in [1.82, 2.24) is 5.43 Å². The van der Waals surface area contributed by atoms with E-state index in [9.17, 15) is 13.2 Å². The maximum Gasteiger partial charge on any atom is 0.391 e. The summed E-state index contributed by atoms with van der Waals surface area (Å²) in [5.74, 6) is 4.27. The van der Waals surface area contributed by atoms with Crippen molar-refractivity contribution >= 4 is 0 Å². The Morgan fingerprint density at radius 3 is 2.59 bits per heavy atom. The second-order valence-electron chi connectivity index (χ2n) is 5.10. The Balaban J connectivity index is 2.61. The van der Waals surface area contributed by atoms with Gasteiger partial charge in [-0.3, -0.25) is 11.3 Å². The molecule has 1 fully saturated rings. The maximum atomic E-state index is 12.7. The minimum atomic E-state index is -4.07. The van der Waals surface area contributed by atoms with E-state index in [1.807, 2.05) is 6.92 Å². The van der Waals surface area contributed by atoms with Crippen LogP contribution in [0.15, 0.2) is 12.2 Å². The van der Waals surface area contributed by atoms with Gasteiger partial charge < -0.3 is 0 Å². The van der Waals surface area contributed by atoms with Gasteiger partial charge in [0.25, 0.3) is 0 Å². The highest BCUT2D eigenvalue weighted by molar-refractivity contribution is 4.96. The van der Waals surface area contributed by atoms with E-state index in [2.05, 4.69) is 12.0 Å². The lowest BCUT2D eigenvalue weighted by molar-refractivity contribution is -0.186. The molecule has 5 heteroatoms. The van der Waals surface area contributed by atoms with Gasteiger partial charge in [-0.2, -0.15) is 13.2 Å². The van der Waals surface area contributed by atoms with Crippen LogP contribution in [0.3, 0.4) is 0 Å². The van der Waals surface area contributed by atoms with Crippen LogP contribution in [0.2, 0.25) is 0 Å². The number of nitrogens with two attached hydrogens (primary N) is 1. The van der Waals surface area contributed by atoms with Gasteiger partial charge in [0.2, 0.25) is 0 Å². The van der Waals surface area contributed by atoms with Gasteiger partial charge in [-0.15, -0.1) is 6.58 Å². The monoisotopic (exact) mass is 250 g/mol. The molecule has 1 aliphatic rings. The smallest absolute Gasteiger partial charge is 0.271 e. The van der Waals surface area contributed by atoms with Crippen molar-refractivity contribution in [2.45, 2.75) is 51.2 Å². The standard InChI is InChI=1S/C12H21F3N2/c1-8(2)6-11(17-16)9-4-3-5-10(7-9)12(13,14)15/h9-11,17H,1,3-7,16H2,2H3. The highest BCUT2D eigenvalue weighted by Gasteiger charge is 2.43. The second kappa shape index (κ2) is 5.87. The molecule has 100 valence electrons. The Kier molecular flexibility index (Phi) is 5.01. The molecule has 2 nitrogen and oxygen atoms in total. The highest BCUT2D eigenvalue weighted by Crippen LogP contribution is 2.41. The molecule has 0 aromatic carbocycles. The van der Waals surface area contributed by atoms with E-state index in [1.54, 1.807) is 0 Å². The number of rotatable bonds is 4. The van der Waals surface area contributed by atoms with Crippen molar-refractivity contribution < 1.29 is 13.2 Å². The SMILES string of the molecule is C=C(C)CC(NN)C1CCCC(C(F)(F)F)C1. The first kappa shape index (κ1) is 14.5. The van der Waals surface area contributed by atoms with E-state index in [4.69, 9.17) is 5.84 Å². The summed E-state index contributed by atoms with van der Waals surface area (Å²) in [7, 11) is 0. The van der Waals surface area contributed by atoms with Crippen LogP contribution in [0.5, 0.6) is 0 Å². The lowest BCUT2D eigenvalue weighted by Crippen LogP contribution is -2.44. The molecule has 0 aromatic rings. The van der Waals surface area contributed by atoms with Crippen LogP contribution in [0.1, 0.15) is 39.0 Å². The Hall–Kier alpha value is -0.550. The minimum Gasteiger partial charge on any atom is -0.271 e. The summed E-state index contributed by atoms with van der Waals surface area (Å²) in [6.45, 7) is 5.66. The zero-order valence-electron chi connectivity index (χ0n) is 10.2. The van der Waals surface area contributed by atoms with E-state index < -0.39 is 12.1 Å². The largest absolute Gasteiger partial charge is 0.391 e. The Labute approximate surface area is 100 Å². The second-order valence-corrected chi connectivity index (χ2v) is 5.10. The Bertz CT molecular complexity index is 263. The molecule has 0 amide bonds. The summed E-state index contributed by atoms with van der Waals surface area (Å²) >= 11 is 0. The first-order valence-corrected chi connectivity index (χ1v) is 6.01. The molecule has 0 spiro atoms. The molecule has 3 atom stereocenters. The summed E-state index contributed by atoms with van der Waals surface area (Å²) in [6, 6.07) is -0.0855. The van der Waals surface area contributed by atoms with Crippen molar-refractivity contribution in [3.63, 3.8) is 0 Å². The summed E-state index contributed by atoms with van der Waals surface area (Å²) < 4.78 is 38.0. The number of hydrogen-bond donors (Lipinski definition) is 2. The van der Waals surface area contributed by atoms with Gasteiger partial charge in [0.05, 0.1) is 5.92 Å². The number of hydrogen-bond acceptors (Lipinski definition) is 2. The molecule has 0 aliphatic heterocycles. The van der Waals surface area contributed by atoms with E-state index in [1.165, 1.54) is 0 Å². The third-order valence-electron chi connectivity index (χ3n) is 3.53. The number of alkyl halides is 3. The molecule has 0 heterocycles. The summed E-state index contributed by atoms with van der Waals surface area (Å²) in [4.78, 5) is 0. The van der Waals surface area contributed by atoms with Gasteiger partial charge in [-0.05, 0) is 38.5 Å². The van der Waals surface area contributed by atoms with Crippen molar-refractivity contribution in [2.75, 3.05) is 0 Å². The molecule has 3 unspecified atom stereocenters. The van der Waals surface area contributed by atoms with Gasteiger partial charge in [0.15, 0.2) is 0 Å². The molecule has 0 aromatic heterocycles. The van der Waals surface area contributed by atoms with Crippen molar-refractivity contribution in [1.29, 1.82) is 0 Å². The molecular formula is C12H21F3N2. The van der Waals surface area contributed by atoms with Crippen LogP contribution in [-0.4, -0.2) is 12.2 Å². The minimum absolute atomic E-state index is 0.00271. The first-order chi connectivity index (χ1) is 7.84. The fourth-order valence-corrected chi connectivity index (χ4v) is 2.63. The fraction of sp³-hybridized carbons (Fsp3) is 0.833. The third kappa shape index (κ3) is 4.32. The molecule has 3 N–H and O–H groups in total. The topological polar surface area (TPSA) is 38.0 Å². The van der Waals surface area contributed by atoms with Crippen molar-refractivity contribution in [2.24, 2.45) is 17.7 Å². The summed E-state index contributed by atoms with van der Waals surface area (Å²) in [5, 5.41) is 0. The first-order valence-electron chi connectivity index (χ1n) is 6.01. The van der Waals surface area contributed by atoms with E-state index in [-0.39, 0.29) is 24.8 Å². The van der Waals surface area contributed by atoms with Crippen molar-refractivity contribution in [3.8, 4) is 0 Å². The van der Waals surface area contributed by atoms with E-state index >= 15 is 0 Å². The van der Waals surface area contributed by atoms with Gasteiger partial charge in [-0.25, -0.2) is 0 Å². The van der Waals surface area contributed by atoms with Gasteiger partial charge in [-0.1, -0.05) is 12.0 Å². The Morgan fingerprint density at radius 2 is 2.12 bits per heavy atom. The van der Waals surface area contributed by atoms with E-state index in [0.29, 0.717) is 12.8 Å². The van der Waals surface area contributed by atoms with Crippen LogP contribution in [0.4, 0.5) is 13.2 Å². The number of hydrazine groups is 1. The lowest BCUT2D eigenvalue weighted by atomic mass is 9.76.